The first-order valence-electron chi connectivity index (χ1n) is 7.41. The van der Waals surface area contributed by atoms with E-state index in [-0.39, 0.29) is 5.69 Å². The highest BCUT2D eigenvalue weighted by atomic mass is 16.5. The third-order valence-electron chi connectivity index (χ3n) is 3.55. The fourth-order valence-corrected chi connectivity index (χ4v) is 2.11. The molecule has 0 aliphatic heterocycles. The minimum absolute atomic E-state index is 0.208. The number of nitrogens with zero attached hydrogens (tertiary/aromatic N) is 1. The molecule has 0 bridgehead atoms. The van der Waals surface area contributed by atoms with Crippen molar-refractivity contribution in [2.45, 2.75) is 18.8 Å². The standard InChI is InChI=1S/C16H15N3O5/c20-14(21)8-17-15(22)10-3-5-11(6-4-10)18-16(23)12-7-13(24-19-12)9-1-2-9/h3-7,9H,1-2,8H2,(H,17,22)(H,18,23)(H,20,21). The van der Waals surface area contributed by atoms with E-state index in [1.807, 2.05) is 0 Å². The number of benzene rings is 1. The number of aromatic nitrogens is 1. The summed E-state index contributed by atoms with van der Waals surface area (Å²) in [6, 6.07) is 7.72. The molecule has 1 aliphatic carbocycles. The summed E-state index contributed by atoms with van der Waals surface area (Å²) in [6.07, 6.45) is 2.11. The smallest absolute Gasteiger partial charge is 0.322 e. The Hall–Kier alpha value is -3.16. The fourth-order valence-electron chi connectivity index (χ4n) is 2.11. The lowest BCUT2D eigenvalue weighted by Gasteiger charge is -2.05. The summed E-state index contributed by atoms with van der Waals surface area (Å²) in [5.74, 6) is -0.909. The predicted octanol–water partition coefficient (Wildman–Crippen LogP) is 1.62. The van der Waals surface area contributed by atoms with Crippen molar-refractivity contribution in [3.05, 3.63) is 47.3 Å². The zero-order chi connectivity index (χ0) is 17.1. The normalized spacial score (nSPS) is 13.3. The Kier molecular flexibility index (Phi) is 4.28. The van der Waals surface area contributed by atoms with Crippen molar-refractivity contribution in [2.24, 2.45) is 0 Å². The molecular formula is C16H15N3O5. The second-order valence-corrected chi connectivity index (χ2v) is 5.50. The molecule has 24 heavy (non-hydrogen) atoms. The van der Waals surface area contributed by atoms with Gasteiger partial charge in [0.1, 0.15) is 12.3 Å². The molecule has 1 heterocycles. The third kappa shape index (κ3) is 3.78. The number of nitrogens with one attached hydrogen (secondary N) is 2. The van der Waals surface area contributed by atoms with Gasteiger partial charge < -0.3 is 20.3 Å². The largest absolute Gasteiger partial charge is 0.480 e. The summed E-state index contributed by atoms with van der Waals surface area (Å²) in [5.41, 5.74) is 0.998. The first-order chi connectivity index (χ1) is 11.5. The minimum Gasteiger partial charge on any atom is -0.480 e. The van der Waals surface area contributed by atoms with Crippen molar-refractivity contribution in [1.29, 1.82) is 0 Å². The zero-order valence-electron chi connectivity index (χ0n) is 12.6. The van der Waals surface area contributed by atoms with Gasteiger partial charge in [0.05, 0.1) is 0 Å². The average molecular weight is 329 g/mol. The Morgan fingerprint density at radius 3 is 2.50 bits per heavy atom. The van der Waals surface area contributed by atoms with Crippen LogP contribution >= 0.6 is 0 Å². The number of amides is 2. The van der Waals surface area contributed by atoms with E-state index in [2.05, 4.69) is 15.8 Å². The Labute approximate surface area is 136 Å². The van der Waals surface area contributed by atoms with Crippen molar-refractivity contribution in [2.75, 3.05) is 11.9 Å². The maximum absolute atomic E-state index is 12.1. The van der Waals surface area contributed by atoms with Crippen LogP contribution in [0.3, 0.4) is 0 Å². The number of hydrogen-bond donors (Lipinski definition) is 3. The van der Waals surface area contributed by atoms with Gasteiger partial charge in [0.2, 0.25) is 0 Å². The van der Waals surface area contributed by atoms with E-state index in [4.69, 9.17) is 9.63 Å². The number of carboxylic acid groups (broad SMARTS) is 1. The maximum atomic E-state index is 12.1. The third-order valence-corrected chi connectivity index (χ3v) is 3.55. The van der Waals surface area contributed by atoms with Crippen LogP contribution in [0.15, 0.2) is 34.9 Å². The summed E-state index contributed by atoms with van der Waals surface area (Å²) in [6.45, 7) is -0.452. The molecule has 1 saturated carbocycles. The van der Waals surface area contributed by atoms with Gasteiger partial charge in [-0.05, 0) is 37.1 Å². The van der Waals surface area contributed by atoms with Gasteiger partial charge in [-0.2, -0.15) is 0 Å². The van der Waals surface area contributed by atoms with Crippen LogP contribution in [0, 0.1) is 0 Å². The molecule has 3 N–H and O–H groups in total. The average Bonchev–Trinajstić information content (AvgIpc) is 3.30. The molecule has 0 saturated heterocycles. The molecule has 1 aliphatic rings. The van der Waals surface area contributed by atoms with Crippen molar-refractivity contribution >= 4 is 23.5 Å². The summed E-state index contributed by atoms with van der Waals surface area (Å²) in [4.78, 5) is 34.2. The second kappa shape index (κ2) is 6.53. The van der Waals surface area contributed by atoms with E-state index in [1.54, 1.807) is 18.2 Å². The van der Waals surface area contributed by atoms with Gasteiger partial charge in [0.15, 0.2) is 5.69 Å². The monoisotopic (exact) mass is 329 g/mol. The molecule has 124 valence electrons. The molecule has 0 unspecified atom stereocenters. The van der Waals surface area contributed by atoms with Crippen LogP contribution in [-0.4, -0.2) is 34.6 Å². The summed E-state index contributed by atoms with van der Waals surface area (Å²) < 4.78 is 5.13. The number of anilines is 1. The molecule has 2 aromatic rings. The molecule has 8 nitrogen and oxygen atoms in total. The molecular weight excluding hydrogens is 314 g/mol. The van der Waals surface area contributed by atoms with Crippen LogP contribution in [0.25, 0.3) is 0 Å². The highest BCUT2D eigenvalue weighted by Crippen LogP contribution is 2.40. The molecule has 0 atom stereocenters. The van der Waals surface area contributed by atoms with Crippen LogP contribution < -0.4 is 10.6 Å². The van der Waals surface area contributed by atoms with E-state index in [1.165, 1.54) is 12.1 Å². The molecule has 1 aromatic heterocycles. The van der Waals surface area contributed by atoms with Crippen LogP contribution in [0.1, 0.15) is 45.4 Å². The second-order valence-electron chi connectivity index (χ2n) is 5.50. The molecule has 1 aromatic carbocycles. The van der Waals surface area contributed by atoms with Crippen molar-refractivity contribution < 1.29 is 24.0 Å². The topological polar surface area (TPSA) is 122 Å². The first kappa shape index (κ1) is 15.7. The van der Waals surface area contributed by atoms with E-state index in [9.17, 15) is 14.4 Å². The van der Waals surface area contributed by atoms with Gasteiger partial charge in [0, 0.05) is 23.2 Å². The number of carbonyl (C=O) groups excluding carboxylic acids is 2. The lowest BCUT2D eigenvalue weighted by Crippen LogP contribution is -2.29. The van der Waals surface area contributed by atoms with Crippen molar-refractivity contribution in [3.63, 3.8) is 0 Å². The lowest BCUT2D eigenvalue weighted by atomic mass is 10.2. The van der Waals surface area contributed by atoms with Gasteiger partial charge >= 0.3 is 5.97 Å². The number of carbonyl (C=O) groups is 3. The summed E-state index contributed by atoms with van der Waals surface area (Å²) in [7, 11) is 0. The number of rotatable bonds is 6. The van der Waals surface area contributed by atoms with E-state index < -0.39 is 24.3 Å². The summed E-state index contributed by atoms with van der Waals surface area (Å²) >= 11 is 0. The Bertz CT molecular complexity index is 777. The zero-order valence-corrected chi connectivity index (χ0v) is 12.6. The van der Waals surface area contributed by atoms with Crippen LogP contribution in [0.4, 0.5) is 5.69 Å². The van der Waals surface area contributed by atoms with Gasteiger partial charge in [-0.3, -0.25) is 14.4 Å². The highest BCUT2D eigenvalue weighted by molar-refractivity contribution is 6.03. The molecule has 8 heteroatoms. The van der Waals surface area contributed by atoms with E-state index in [0.29, 0.717) is 17.2 Å². The van der Waals surface area contributed by atoms with Crippen molar-refractivity contribution in [1.82, 2.24) is 10.5 Å². The van der Waals surface area contributed by atoms with Crippen molar-refractivity contribution in [3.8, 4) is 0 Å². The molecule has 1 fully saturated rings. The number of hydrogen-bond acceptors (Lipinski definition) is 5. The Morgan fingerprint density at radius 1 is 1.17 bits per heavy atom. The summed E-state index contributed by atoms with van der Waals surface area (Å²) in [5, 5.41) is 17.2. The van der Waals surface area contributed by atoms with E-state index in [0.717, 1.165) is 18.6 Å². The predicted molar refractivity (Wildman–Crippen MR) is 82.8 cm³/mol. The SMILES string of the molecule is O=C(O)CNC(=O)c1ccc(NC(=O)c2cc(C3CC3)on2)cc1. The highest BCUT2D eigenvalue weighted by Gasteiger charge is 2.28. The first-order valence-corrected chi connectivity index (χ1v) is 7.41. The quantitative estimate of drug-likeness (QED) is 0.740. The minimum atomic E-state index is -1.12. The lowest BCUT2D eigenvalue weighted by molar-refractivity contribution is -0.135. The molecule has 0 radical (unpaired) electrons. The van der Waals surface area contributed by atoms with E-state index >= 15 is 0 Å². The van der Waals surface area contributed by atoms with Crippen LogP contribution in [0.5, 0.6) is 0 Å². The number of aliphatic carboxylic acids is 1. The van der Waals surface area contributed by atoms with Gasteiger partial charge in [-0.25, -0.2) is 0 Å². The molecule has 2 amide bonds. The van der Waals surface area contributed by atoms with Crippen LogP contribution in [0.2, 0.25) is 0 Å². The Balaban J connectivity index is 1.59. The maximum Gasteiger partial charge on any atom is 0.322 e. The number of carboxylic acids is 1. The molecule has 3 rings (SSSR count). The Morgan fingerprint density at radius 2 is 1.88 bits per heavy atom. The molecule has 0 spiro atoms. The van der Waals surface area contributed by atoms with Gasteiger partial charge in [-0.15, -0.1) is 0 Å². The van der Waals surface area contributed by atoms with Gasteiger partial charge in [-0.1, -0.05) is 5.16 Å². The fraction of sp³-hybridized carbons (Fsp3) is 0.250. The van der Waals surface area contributed by atoms with Crippen LogP contribution in [-0.2, 0) is 4.79 Å². The van der Waals surface area contributed by atoms with Gasteiger partial charge in [0.25, 0.3) is 11.8 Å².